The van der Waals surface area contributed by atoms with Gasteiger partial charge in [-0.2, -0.15) is 0 Å². The van der Waals surface area contributed by atoms with Crippen molar-refractivity contribution in [2.45, 2.75) is 13.5 Å². The van der Waals surface area contributed by atoms with Crippen LogP contribution in [0.25, 0.3) is 11.3 Å². The quantitative estimate of drug-likeness (QED) is 0.313. The summed E-state index contributed by atoms with van der Waals surface area (Å²) in [6, 6.07) is 15.0. The van der Waals surface area contributed by atoms with Gasteiger partial charge in [-0.05, 0) is 61.5 Å². The van der Waals surface area contributed by atoms with E-state index in [1.165, 1.54) is 6.07 Å². The Bertz CT molecular complexity index is 1370. The second-order valence-electron chi connectivity index (χ2n) is 7.98. The van der Waals surface area contributed by atoms with Gasteiger partial charge in [0.1, 0.15) is 18.2 Å². The van der Waals surface area contributed by atoms with E-state index in [1.54, 1.807) is 65.8 Å². The molecule has 4 aromatic rings. The molecular formula is C26H24ClFN6O2. The van der Waals surface area contributed by atoms with Gasteiger partial charge >= 0.3 is 0 Å². The third kappa shape index (κ3) is 5.69. The zero-order valence-corrected chi connectivity index (χ0v) is 20.2. The Labute approximate surface area is 212 Å². The molecule has 4 rings (SSSR count). The van der Waals surface area contributed by atoms with E-state index < -0.39 is 12.6 Å². The Balaban J connectivity index is 1.58. The minimum Gasteiger partial charge on any atom is -0.507 e. The molecule has 2 aromatic heterocycles. The number of aromatic hydroxyl groups is 1. The number of nitrogen functional groups attached to an aromatic ring is 1. The number of aryl methyl sites for hydroxylation is 1. The van der Waals surface area contributed by atoms with E-state index in [0.717, 1.165) is 11.4 Å². The number of hydrogen-bond donors (Lipinski definition) is 3. The van der Waals surface area contributed by atoms with Gasteiger partial charge in [-0.15, -0.1) is 0 Å². The molecule has 0 spiro atoms. The highest BCUT2D eigenvalue weighted by Gasteiger charge is 2.17. The fourth-order valence-corrected chi connectivity index (χ4v) is 3.73. The van der Waals surface area contributed by atoms with E-state index in [2.05, 4.69) is 20.3 Å². The van der Waals surface area contributed by atoms with Gasteiger partial charge in [-0.1, -0.05) is 11.6 Å². The highest BCUT2D eigenvalue weighted by Crippen LogP contribution is 2.35. The number of halogens is 2. The number of phenolic OH excluding ortho intramolecular Hbond substituents is 1. The van der Waals surface area contributed by atoms with Crippen LogP contribution in [0.15, 0.2) is 67.0 Å². The lowest BCUT2D eigenvalue weighted by Gasteiger charge is -2.24. The number of amides is 1. The Hall–Kier alpha value is -4.24. The van der Waals surface area contributed by atoms with E-state index in [1.807, 2.05) is 6.92 Å². The van der Waals surface area contributed by atoms with Crippen molar-refractivity contribution < 1.29 is 14.3 Å². The third-order valence-electron chi connectivity index (χ3n) is 5.45. The van der Waals surface area contributed by atoms with Crippen molar-refractivity contribution in [1.82, 2.24) is 20.3 Å². The second kappa shape index (κ2) is 11.0. The Morgan fingerprint density at radius 1 is 1.08 bits per heavy atom. The molecule has 0 radical (unpaired) electrons. The largest absolute Gasteiger partial charge is 0.507 e. The molecule has 0 saturated carbocycles. The van der Waals surface area contributed by atoms with Gasteiger partial charge in [0.15, 0.2) is 0 Å². The average Bonchev–Trinajstić information content (AvgIpc) is 2.88. The fourth-order valence-electron chi connectivity index (χ4n) is 3.60. The van der Waals surface area contributed by atoms with E-state index in [9.17, 15) is 14.3 Å². The first-order chi connectivity index (χ1) is 17.4. The number of nitrogens with zero attached hydrogens (tertiary/aromatic N) is 4. The van der Waals surface area contributed by atoms with Crippen molar-refractivity contribution in [3.8, 4) is 17.0 Å². The summed E-state index contributed by atoms with van der Waals surface area (Å²) >= 11 is 5.99. The van der Waals surface area contributed by atoms with E-state index in [-0.39, 0.29) is 30.2 Å². The van der Waals surface area contributed by atoms with Crippen LogP contribution in [0.2, 0.25) is 5.02 Å². The molecule has 2 heterocycles. The molecule has 2 aromatic carbocycles. The Kier molecular flexibility index (Phi) is 7.60. The summed E-state index contributed by atoms with van der Waals surface area (Å²) in [6.07, 6.45) is 3.21. The van der Waals surface area contributed by atoms with Crippen LogP contribution in [0.4, 0.5) is 21.6 Å². The molecule has 0 saturated heterocycles. The Morgan fingerprint density at radius 3 is 2.50 bits per heavy atom. The van der Waals surface area contributed by atoms with E-state index >= 15 is 0 Å². The van der Waals surface area contributed by atoms with Crippen molar-refractivity contribution in [3.05, 3.63) is 89.0 Å². The number of anilines is 3. The second-order valence-corrected chi connectivity index (χ2v) is 8.42. The summed E-state index contributed by atoms with van der Waals surface area (Å²) in [6.45, 7) is 1.53. The molecule has 184 valence electrons. The number of nitrogens with one attached hydrogen (secondary N) is 1. The van der Waals surface area contributed by atoms with Crippen LogP contribution in [-0.2, 0) is 6.54 Å². The van der Waals surface area contributed by atoms with Crippen molar-refractivity contribution in [3.63, 3.8) is 0 Å². The molecule has 0 aliphatic carbocycles. The highest BCUT2D eigenvalue weighted by atomic mass is 35.5. The molecule has 4 N–H and O–H groups in total. The van der Waals surface area contributed by atoms with Crippen LogP contribution in [0.3, 0.4) is 0 Å². The average molecular weight is 507 g/mol. The van der Waals surface area contributed by atoms with Gasteiger partial charge in [0, 0.05) is 28.2 Å². The van der Waals surface area contributed by atoms with E-state index in [0.29, 0.717) is 27.7 Å². The highest BCUT2D eigenvalue weighted by molar-refractivity contribution is 6.30. The van der Waals surface area contributed by atoms with Crippen LogP contribution in [0.1, 0.15) is 21.7 Å². The lowest BCUT2D eigenvalue weighted by Crippen LogP contribution is -2.24. The van der Waals surface area contributed by atoms with Crippen LogP contribution in [-0.4, -0.2) is 39.2 Å². The molecule has 8 nitrogen and oxygen atoms in total. The number of benzene rings is 2. The number of carbonyl (C=O) groups is 1. The molecule has 36 heavy (non-hydrogen) atoms. The monoisotopic (exact) mass is 506 g/mol. The van der Waals surface area contributed by atoms with Crippen LogP contribution in [0, 0.1) is 6.92 Å². The topological polar surface area (TPSA) is 117 Å². The van der Waals surface area contributed by atoms with Crippen LogP contribution in [0.5, 0.6) is 5.75 Å². The lowest BCUT2D eigenvalue weighted by atomic mass is 10.1. The van der Waals surface area contributed by atoms with Crippen molar-refractivity contribution in [2.24, 2.45) is 0 Å². The number of alkyl halides is 1. The summed E-state index contributed by atoms with van der Waals surface area (Å²) in [7, 11) is 0. The first-order valence-corrected chi connectivity index (χ1v) is 11.5. The van der Waals surface area contributed by atoms with Gasteiger partial charge in [0.25, 0.3) is 5.91 Å². The molecule has 0 aliphatic heterocycles. The van der Waals surface area contributed by atoms with Gasteiger partial charge in [0.2, 0.25) is 0 Å². The summed E-state index contributed by atoms with van der Waals surface area (Å²) in [5.41, 5.74) is 9.81. The summed E-state index contributed by atoms with van der Waals surface area (Å²) < 4.78 is 13.4. The SMILES string of the molecule is Cc1cnc(CNC(=O)c2ccc(-c3cc(N(CCF)c4ccc(Cl)cc4)ccc3O)nc2N)cn1. The fraction of sp³-hybridized carbons (Fsp3) is 0.154. The summed E-state index contributed by atoms with van der Waals surface area (Å²) in [4.78, 5) is 27.1. The van der Waals surface area contributed by atoms with Crippen molar-refractivity contribution in [1.29, 1.82) is 0 Å². The van der Waals surface area contributed by atoms with Crippen LogP contribution < -0.4 is 16.0 Å². The number of carbonyl (C=O) groups excluding carboxylic acids is 1. The predicted molar refractivity (Wildman–Crippen MR) is 138 cm³/mol. The molecule has 10 heteroatoms. The normalized spacial score (nSPS) is 10.8. The molecule has 0 aliphatic rings. The van der Waals surface area contributed by atoms with Crippen molar-refractivity contribution in [2.75, 3.05) is 23.9 Å². The molecule has 0 unspecified atom stereocenters. The van der Waals surface area contributed by atoms with Gasteiger partial charge in [0.05, 0.1) is 41.9 Å². The number of pyridine rings is 1. The summed E-state index contributed by atoms with van der Waals surface area (Å²) in [5, 5.41) is 13.8. The number of hydrogen-bond acceptors (Lipinski definition) is 7. The predicted octanol–water partition coefficient (Wildman–Crippen LogP) is 4.83. The van der Waals surface area contributed by atoms with Crippen LogP contribution >= 0.6 is 11.6 Å². The maximum atomic E-state index is 13.4. The maximum absolute atomic E-state index is 13.4. The molecule has 0 atom stereocenters. The van der Waals surface area contributed by atoms with Gasteiger partial charge < -0.3 is 21.1 Å². The smallest absolute Gasteiger partial charge is 0.255 e. The number of phenols is 1. The minimum absolute atomic E-state index is 0.00288. The lowest BCUT2D eigenvalue weighted by molar-refractivity contribution is 0.0951. The molecular weight excluding hydrogens is 483 g/mol. The standard InChI is InChI=1S/C26H24ClFN6O2/c1-16-13-31-18(14-30-16)15-32-26(36)21-7-8-23(33-25(21)29)22-12-20(6-9-24(22)35)34(11-10-28)19-4-2-17(27)3-5-19/h2-9,12-14,35H,10-11,15H2,1H3,(H2,29,33)(H,32,36). The van der Waals surface area contributed by atoms with E-state index in [4.69, 9.17) is 17.3 Å². The first-order valence-electron chi connectivity index (χ1n) is 11.1. The van der Waals surface area contributed by atoms with Gasteiger partial charge in [-0.25, -0.2) is 9.37 Å². The molecule has 0 fully saturated rings. The molecule has 1 amide bonds. The number of aromatic nitrogens is 3. The zero-order valence-electron chi connectivity index (χ0n) is 19.4. The van der Waals surface area contributed by atoms with Gasteiger partial charge in [-0.3, -0.25) is 14.8 Å². The number of rotatable bonds is 8. The Morgan fingerprint density at radius 2 is 1.83 bits per heavy atom. The zero-order chi connectivity index (χ0) is 25.7. The third-order valence-corrected chi connectivity index (χ3v) is 5.70. The number of nitrogens with two attached hydrogens (primary N) is 1. The molecule has 0 bridgehead atoms. The summed E-state index contributed by atoms with van der Waals surface area (Å²) in [5.74, 6) is -0.441. The van der Waals surface area contributed by atoms with Crippen molar-refractivity contribution >= 4 is 34.7 Å². The first kappa shape index (κ1) is 24.9. The minimum atomic E-state index is -0.581. The maximum Gasteiger partial charge on any atom is 0.255 e.